The van der Waals surface area contributed by atoms with E-state index >= 15 is 0 Å². The fraction of sp³-hybridized carbons (Fsp3) is 0.625. The molecule has 3 nitrogen and oxygen atoms in total. The van der Waals surface area contributed by atoms with E-state index in [1.54, 1.807) is 0 Å². The third-order valence-electron chi connectivity index (χ3n) is 1.74. The van der Waals surface area contributed by atoms with Crippen LogP contribution in [-0.2, 0) is 13.1 Å². The predicted octanol–water partition coefficient (Wildman–Crippen LogP) is 0.931. The Kier molecular flexibility index (Phi) is 2.65. The van der Waals surface area contributed by atoms with Gasteiger partial charge in [-0.15, -0.1) is 0 Å². The molecule has 0 aliphatic carbocycles. The SMILES string of the molecule is CCn1cc(CNC)c(C)n1. The Morgan fingerprint density at radius 3 is 2.82 bits per heavy atom. The molecule has 1 rings (SSSR count). The Labute approximate surface area is 67.4 Å². The monoisotopic (exact) mass is 153 g/mol. The summed E-state index contributed by atoms with van der Waals surface area (Å²) in [6.07, 6.45) is 2.09. The van der Waals surface area contributed by atoms with Gasteiger partial charge in [0, 0.05) is 24.8 Å². The van der Waals surface area contributed by atoms with Crippen molar-refractivity contribution < 1.29 is 0 Å². The summed E-state index contributed by atoms with van der Waals surface area (Å²) >= 11 is 0. The van der Waals surface area contributed by atoms with Crippen LogP contribution in [0.5, 0.6) is 0 Å². The predicted molar refractivity (Wildman–Crippen MR) is 45.4 cm³/mol. The molecule has 0 aliphatic rings. The number of nitrogens with one attached hydrogen (secondary N) is 1. The molecule has 0 saturated heterocycles. The first-order chi connectivity index (χ1) is 5.27. The van der Waals surface area contributed by atoms with Crippen LogP contribution in [0, 0.1) is 6.92 Å². The highest BCUT2D eigenvalue weighted by Gasteiger charge is 2.00. The molecule has 1 N–H and O–H groups in total. The van der Waals surface area contributed by atoms with E-state index in [1.165, 1.54) is 5.56 Å². The van der Waals surface area contributed by atoms with Crippen molar-refractivity contribution in [1.29, 1.82) is 0 Å². The Morgan fingerprint density at radius 2 is 2.36 bits per heavy atom. The molecule has 0 unspecified atom stereocenters. The summed E-state index contributed by atoms with van der Waals surface area (Å²) in [5.41, 5.74) is 2.41. The van der Waals surface area contributed by atoms with E-state index < -0.39 is 0 Å². The molecule has 3 heteroatoms. The summed E-state index contributed by atoms with van der Waals surface area (Å²) in [7, 11) is 1.95. The Balaban J connectivity index is 2.79. The van der Waals surface area contributed by atoms with E-state index in [0.717, 1.165) is 18.8 Å². The molecule has 1 aromatic heterocycles. The molecule has 1 aromatic rings. The highest BCUT2D eigenvalue weighted by molar-refractivity contribution is 5.14. The molecule has 0 fully saturated rings. The normalized spacial score (nSPS) is 10.5. The molecule has 0 bridgehead atoms. The average Bonchev–Trinajstić information content (AvgIpc) is 2.33. The first-order valence-electron chi connectivity index (χ1n) is 3.95. The van der Waals surface area contributed by atoms with Crippen molar-refractivity contribution >= 4 is 0 Å². The van der Waals surface area contributed by atoms with Crippen LogP contribution in [-0.4, -0.2) is 16.8 Å². The lowest BCUT2D eigenvalue weighted by Crippen LogP contribution is -2.05. The summed E-state index contributed by atoms with van der Waals surface area (Å²) < 4.78 is 1.96. The highest BCUT2D eigenvalue weighted by atomic mass is 15.3. The van der Waals surface area contributed by atoms with E-state index in [2.05, 4.69) is 23.5 Å². The van der Waals surface area contributed by atoms with Crippen molar-refractivity contribution in [1.82, 2.24) is 15.1 Å². The Hall–Kier alpha value is -0.830. The summed E-state index contributed by atoms with van der Waals surface area (Å²) in [4.78, 5) is 0. The van der Waals surface area contributed by atoms with Gasteiger partial charge in [0.05, 0.1) is 5.69 Å². The van der Waals surface area contributed by atoms with Crippen LogP contribution in [0.15, 0.2) is 6.20 Å². The summed E-state index contributed by atoms with van der Waals surface area (Å²) in [5.74, 6) is 0. The van der Waals surface area contributed by atoms with Crippen molar-refractivity contribution in [2.45, 2.75) is 26.9 Å². The lowest BCUT2D eigenvalue weighted by Gasteiger charge is -1.93. The van der Waals surface area contributed by atoms with Gasteiger partial charge >= 0.3 is 0 Å². The highest BCUT2D eigenvalue weighted by Crippen LogP contribution is 2.04. The quantitative estimate of drug-likeness (QED) is 0.700. The van der Waals surface area contributed by atoms with Gasteiger partial charge in [0.1, 0.15) is 0 Å². The second kappa shape index (κ2) is 3.53. The fourth-order valence-corrected chi connectivity index (χ4v) is 1.09. The minimum Gasteiger partial charge on any atom is -0.316 e. The molecule has 0 spiro atoms. The van der Waals surface area contributed by atoms with Crippen molar-refractivity contribution in [2.24, 2.45) is 0 Å². The fourth-order valence-electron chi connectivity index (χ4n) is 1.09. The van der Waals surface area contributed by atoms with E-state index in [0.29, 0.717) is 0 Å². The third-order valence-corrected chi connectivity index (χ3v) is 1.74. The first-order valence-corrected chi connectivity index (χ1v) is 3.95. The zero-order valence-corrected chi connectivity index (χ0v) is 7.39. The third kappa shape index (κ3) is 1.80. The van der Waals surface area contributed by atoms with Gasteiger partial charge in [-0.05, 0) is 20.9 Å². The second-order valence-electron chi connectivity index (χ2n) is 2.63. The van der Waals surface area contributed by atoms with E-state index in [9.17, 15) is 0 Å². The average molecular weight is 153 g/mol. The van der Waals surface area contributed by atoms with Crippen LogP contribution in [0.2, 0.25) is 0 Å². The molecule has 0 saturated carbocycles. The number of hydrogen-bond donors (Lipinski definition) is 1. The van der Waals surface area contributed by atoms with Crippen LogP contribution < -0.4 is 5.32 Å². The Morgan fingerprint density at radius 1 is 1.64 bits per heavy atom. The standard InChI is InChI=1S/C8H15N3/c1-4-11-6-8(5-9-3)7(2)10-11/h6,9H,4-5H2,1-3H3. The Bertz CT molecular complexity index is 227. The lowest BCUT2D eigenvalue weighted by atomic mass is 10.3. The molecule has 0 radical (unpaired) electrons. The smallest absolute Gasteiger partial charge is 0.0638 e. The molecular formula is C8H15N3. The van der Waals surface area contributed by atoms with Gasteiger partial charge < -0.3 is 5.32 Å². The van der Waals surface area contributed by atoms with E-state index in [-0.39, 0.29) is 0 Å². The topological polar surface area (TPSA) is 29.9 Å². The van der Waals surface area contributed by atoms with Crippen molar-refractivity contribution in [3.8, 4) is 0 Å². The molecular weight excluding hydrogens is 138 g/mol. The molecule has 62 valence electrons. The molecule has 0 aliphatic heterocycles. The number of aromatic nitrogens is 2. The largest absolute Gasteiger partial charge is 0.316 e. The number of hydrogen-bond acceptors (Lipinski definition) is 2. The number of rotatable bonds is 3. The van der Waals surface area contributed by atoms with Crippen LogP contribution >= 0.6 is 0 Å². The molecule has 11 heavy (non-hydrogen) atoms. The van der Waals surface area contributed by atoms with Crippen molar-refractivity contribution in [3.05, 3.63) is 17.5 Å². The van der Waals surface area contributed by atoms with Gasteiger partial charge in [-0.3, -0.25) is 4.68 Å². The minimum atomic E-state index is 0.909. The van der Waals surface area contributed by atoms with Gasteiger partial charge in [0.15, 0.2) is 0 Å². The summed E-state index contributed by atoms with van der Waals surface area (Å²) in [5, 5.41) is 7.43. The van der Waals surface area contributed by atoms with Gasteiger partial charge in [-0.25, -0.2) is 0 Å². The minimum absolute atomic E-state index is 0.909. The maximum atomic E-state index is 4.32. The molecule has 0 amide bonds. The van der Waals surface area contributed by atoms with Crippen LogP contribution in [0.25, 0.3) is 0 Å². The maximum Gasteiger partial charge on any atom is 0.0638 e. The van der Waals surface area contributed by atoms with Crippen molar-refractivity contribution in [3.63, 3.8) is 0 Å². The van der Waals surface area contributed by atoms with E-state index in [4.69, 9.17) is 0 Å². The van der Waals surface area contributed by atoms with Crippen molar-refractivity contribution in [2.75, 3.05) is 7.05 Å². The number of aryl methyl sites for hydroxylation is 2. The molecule has 1 heterocycles. The lowest BCUT2D eigenvalue weighted by molar-refractivity contribution is 0.653. The zero-order chi connectivity index (χ0) is 8.27. The first kappa shape index (κ1) is 8.27. The van der Waals surface area contributed by atoms with Crippen LogP contribution in [0.4, 0.5) is 0 Å². The van der Waals surface area contributed by atoms with Gasteiger partial charge in [0.2, 0.25) is 0 Å². The van der Waals surface area contributed by atoms with E-state index in [1.807, 2.05) is 18.7 Å². The second-order valence-corrected chi connectivity index (χ2v) is 2.63. The molecule has 0 atom stereocenters. The number of nitrogens with zero attached hydrogens (tertiary/aromatic N) is 2. The zero-order valence-electron chi connectivity index (χ0n) is 7.39. The van der Waals surface area contributed by atoms with Crippen LogP contribution in [0.1, 0.15) is 18.2 Å². The molecule has 0 aromatic carbocycles. The van der Waals surface area contributed by atoms with Gasteiger partial charge in [-0.2, -0.15) is 5.10 Å². The summed E-state index contributed by atoms with van der Waals surface area (Å²) in [6.45, 7) is 5.99. The van der Waals surface area contributed by atoms with Gasteiger partial charge in [0.25, 0.3) is 0 Å². The van der Waals surface area contributed by atoms with Crippen LogP contribution in [0.3, 0.4) is 0 Å². The van der Waals surface area contributed by atoms with Gasteiger partial charge in [-0.1, -0.05) is 0 Å². The maximum absolute atomic E-state index is 4.32. The summed E-state index contributed by atoms with van der Waals surface area (Å²) in [6, 6.07) is 0.